The highest BCUT2D eigenvalue weighted by Crippen LogP contribution is 2.33. The van der Waals surface area contributed by atoms with Crippen LogP contribution < -0.4 is 5.32 Å². The van der Waals surface area contributed by atoms with E-state index in [0.717, 1.165) is 40.0 Å². The average molecular weight is 422 g/mol. The van der Waals surface area contributed by atoms with Gasteiger partial charge >= 0.3 is 0 Å². The van der Waals surface area contributed by atoms with Crippen molar-refractivity contribution in [3.05, 3.63) is 59.7 Å². The van der Waals surface area contributed by atoms with Crippen LogP contribution in [0.5, 0.6) is 5.75 Å². The SMILES string of the molecule is Cc1nc(NCCc2ccc(O)c(-c3ccccc3F)c2)c2nc3n(c2n1)CCS3. The number of phenols is 1. The van der Waals surface area contributed by atoms with Crippen LogP contribution in [0.1, 0.15) is 11.4 Å². The Hall–Kier alpha value is -3.13. The number of hydrogen-bond acceptors (Lipinski definition) is 6. The normalized spacial score (nSPS) is 13.0. The zero-order valence-corrected chi connectivity index (χ0v) is 17.2. The van der Waals surface area contributed by atoms with E-state index in [4.69, 9.17) is 4.98 Å². The number of rotatable bonds is 5. The summed E-state index contributed by atoms with van der Waals surface area (Å²) < 4.78 is 16.3. The van der Waals surface area contributed by atoms with E-state index in [1.807, 2.05) is 19.1 Å². The van der Waals surface area contributed by atoms with Gasteiger partial charge in [0.1, 0.15) is 17.4 Å². The van der Waals surface area contributed by atoms with Crippen LogP contribution in [-0.2, 0) is 13.0 Å². The zero-order valence-electron chi connectivity index (χ0n) is 16.4. The number of halogens is 1. The van der Waals surface area contributed by atoms with Crippen molar-refractivity contribution in [1.82, 2.24) is 19.5 Å². The van der Waals surface area contributed by atoms with E-state index in [9.17, 15) is 9.50 Å². The number of imidazole rings is 1. The van der Waals surface area contributed by atoms with E-state index in [0.29, 0.717) is 29.9 Å². The average Bonchev–Trinajstić information content (AvgIpc) is 3.32. The second-order valence-electron chi connectivity index (χ2n) is 7.19. The molecule has 0 spiro atoms. The van der Waals surface area contributed by atoms with E-state index in [1.54, 1.807) is 36.0 Å². The molecule has 0 radical (unpaired) electrons. The molecule has 30 heavy (non-hydrogen) atoms. The van der Waals surface area contributed by atoms with Gasteiger partial charge in [0.15, 0.2) is 22.1 Å². The van der Waals surface area contributed by atoms with Crippen molar-refractivity contribution in [1.29, 1.82) is 0 Å². The lowest BCUT2D eigenvalue weighted by Gasteiger charge is -2.11. The zero-order chi connectivity index (χ0) is 20.7. The highest BCUT2D eigenvalue weighted by Gasteiger charge is 2.21. The third-order valence-electron chi connectivity index (χ3n) is 5.15. The Morgan fingerprint density at radius 1 is 1.13 bits per heavy atom. The van der Waals surface area contributed by atoms with Crippen LogP contribution in [0.3, 0.4) is 0 Å². The maximum absolute atomic E-state index is 14.2. The van der Waals surface area contributed by atoms with E-state index in [-0.39, 0.29) is 11.6 Å². The maximum atomic E-state index is 14.2. The smallest absolute Gasteiger partial charge is 0.170 e. The highest BCUT2D eigenvalue weighted by atomic mass is 32.2. The molecule has 0 bridgehead atoms. The second kappa shape index (κ2) is 7.60. The molecule has 1 aliphatic rings. The van der Waals surface area contributed by atoms with Gasteiger partial charge < -0.3 is 15.0 Å². The predicted molar refractivity (Wildman–Crippen MR) is 116 cm³/mol. The molecule has 2 N–H and O–H groups in total. The number of nitrogens with zero attached hydrogens (tertiary/aromatic N) is 4. The number of aromatic nitrogens is 4. The van der Waals surface area contributed by atoms with Crippen LogP contribution in [-0.4, -0.2) is 36.9 Å². The van der Waals surface area contributed by atoms with E-state index >= 15 is 0 Å². The molecule has 0 amide bonds. The van der Waals surface area contributed by atoms with Gasteiger partial charge in [0.2, 0.25) is 0 Å². The number of anilines is 1. The number of benzene rings is 2. The third kappa shape index (κ3) is 3.37. The van der Waals surface area contributed by atoms with Crippen LogP contribution in [0.25, 0.3) is 22.3 Å². The molecule has 152 valence electrons. The third-order valence-corrected chi connectivity index (χ3v) is 6.11. The largest absolute Gasteiger partial charge is 0.507 e. The van der Waals surface area contributed by atoms with Crippen LogP contribution in [0.2, 0.25) is 0 Å². The quantitative estimate of drug-likeness (QED) is 0.497. The topological polar surface area (TPSA) is 75.9 Å². The first-order valence-electron chi connectivity index (χ1n) is 9.78. The Bertz CT molecular complexity index is 1260. The minimum absolute atomic E-state index is 0.0648. The summed E-state index contributed by atoms with van der Waals surface area (Å²) in [6, 6.07) is 11.8. The fraction of sp³-hybridized carbons (Fsp3) is 0.227. The van der Waals surface area contributed by atoms with Crippen LogP contribution in [0.15, 0.2) is 47.6 Å². The predicted octanol–water partition coefficient (Wildman–Crippen LogP) is 4.41. The highest BCUT2D eigenvalue weighted by molar-refractivity contribution is 7.99. The van der Waals surface area contributed by atoms with E-state index < -0.39 is 0 Å². The molecule has 6 nitrogen and oxygen atoms in total. The van der Waals surface area contributed by atoms with Crippen molar-refractivity contribution in [2.24, 2.45) is 0 Å². The molecule has 0 unspecified atom stereocenters. The standard InChI is InChI=1S/C22H20FN5OS/c1-13-25-20(19-21(26-13)28-10-11-30-22(28)27-19)24-9-8-14-6-7-18(29)16(12-14)15-4-2-3-5-17(15)23/h2-7,12,29H,8-11H2,1H3,(H,24,25,26). The van der Waals surface area contributed by atoms with E-state index in [2.05, 4.69) is 19.9 Å². The Kier molecular flexibility index (Phi) is 4.78. The van der Waals surface area contributed by atoms with Crippen molar-refractivity contribution in [2.75, 3.05) is 17.6 Å². The number of phenolic OH excluding ortho intramolecular Hbond substituents is 1. The molecule has 0 aliphatic carbocycles. The van der Waals surface area contributed by atoms with Crippen molar-refractivity contribution in [3.63, 3.8) is 0 Å². The van der Waals surface area contributed by atoms with Gasteiger partial charge in [-0.3, -0.25) is 0 Å². The Balaban J connectivity index is 1.37. The first-order valence-corrected chi connectivity index (χ1v) is 10.8. The molecule has 2 aromatic heterocycles. The van der Waals surface area contributed by atoms with Crippen LogP contribution in [0, 0.1) is 12.7 Å². The Morgan fingerprint density at radius 3 is 2.87 bits per heavy atom. The van der Waals surface area contributed by atoms with Gasteiger partial charge in [-0.25, -0.2) is 19.3 Å². The van der Waals surface area contributed by atoms with Gasteiger partial charge in [-0.2, -0.15) is 0 Å². The summed E-state index contributed by atoms with van der Waals surface area (Å²) in [7, 11) is 0. The lowest BCUT2D eigenvalue weighted by atomic mass is 10.00. The number of hydrogen-bond donors (Lipinski definition) is 2. The molecular formula is C22H20FN5OS. The monoisotopic (exact) mass is 421 g/mol. The molecule has 3 heterocycles. The minimum Gasteiger partial charge on any atom is -0.507 e. The molecule has 4 aromatic rings. The summed E-state index contributed by atoms with van der Waals surface area (Å²) in [6.45, 7) is 3.43. The fourth-order valence-electron chi connectivity index (χ4n) is 3.71. The van der Waals surface area contributed by atoms with Gasteiger partial charge in [0.05, 0.1) is 0 Å². The first kappa shape index (κ1) is 18.9. The number of thioether (sulfide) groups is 1. The number of aryl methyl sites for hydroxylation is 2. The fourth-order valence-corrected chi connectivity index (χ4v) is 4.66. The van der Waals surface area contributed by atoms with Gasteiger partial charge in [-0.15, -0.1) is 0 Å². The van der Waals surface area contributed by atoms with Gasteiger partial charge in [-0.1, -0.05) is 36.0 Å². The number of fused-ring (bicyclic) bond motifs is 3. The van der Waals surface area contributed by atoms with Crippen molar-refractivity contribution < 1.29 is 9.50 Å². The molecule has 0 fully saturated rings. The van der Waals surface area contributed by atoms with Crippen molar-refractivity contribution in [2.45, 2.75) is 25.0 Å². The van der Waals surface area contributed by atoms with E-state index in [1.165, 1.54) is 6.07 Å². The molecular weight excluding hydrogens is 401 g/mol. The molecule has 0 atom stereocenters. The molecule has 0 saturated heterocycles. The van der Waals surface area contributed by atoms with Gasteiger partial charge in [-0.05, 0) is 37.1 Å². The summed E-state index contributed by atoms with van der Waals surface area (Å²) >= 11 is 1.73. The molecule has 1 aliphatic heterocycles. The summed E-state index contributed by atoms with van der Waals surface area (Å²) in [5.74, 6) is 2.17. The Labute approximate surface area is 177 Å². The lowest BCUT2D eigenvalue weighted by molar-refractivity contribution is 0.476. The van der Waals surface area contributed by atoms with Gasteiger partial charge in [0.25, 0.3) is 0 Å². The molecule has 8 heteroatoms. The summed E-state index contributed by atoms with van der Waals surface area (Å²) in [5.41, 5.74) is 3.54. The molecule has 0 saturated carbocycles. The molecule has 5 rings (SSSR count). The van der Waals surface area contributed by atoms with Crippen LogP contribution in [0.4, 0.5) is 10.2 Å². The minimum atomic E-state index is -0.354. The summed E-state index contributed by atoms with van der Waals surface area (Å²) in [4.78, 5) is 13.8. The summed E-state index contributed by atoms with van der Waals surface area (Å²) in [5, 5.41) is 14.6. The second-order valence-corrected chi connectivity index (χ2v) is 8.26. The van der Waals surface area contributed by atoms with Crippen molar-refractivity contribution in [3.8, 4) is 16.9 Å². The Morgan fingerprint density at radius 2 is 2.00 bits per heavy atom. The number of nitrogens with one attached hydrogen (secondary N) is 1. The molecule has 2 aromatic carbocycles. The lowest BCUT2D eigenvalue weighted by Crippen LogP contribution is -2.09. The van der Waals surface area contributed by atoms with Gasteiger partial charge in [0, 0.05) is 30.0 Å². The maximum Gasteiger partial charge on any atom is 0.170 e. The summed E-state index contributed by atoms with van der Waals surface area (Å²) in [6.07, 6.45) is 0.689. The first-order chi connectivity index (χ1) is 14.6. The van der Waals surface area contributed by atoms with Crippen LogP contribution >= 0.6 is 11.8 Å². The van der Waals surface area contributed by atoms with Crippen molar-refractivity contribution >= 4 is 28.7 Å². The number of aromatic hydroxyl groups is 1.